The Hall–Kier alpha value is -0.0800. The molecule has 1 aliphatic heterocycles. The summed E-state index contributed by atoms with van der Waals surface area (Å²) in [6.07, 6.45) is 2.61. The zero-order valence-corrected chi connectivity index (χ0v) is 8.78. The third kappa shape index (κ3) is 3.11. The van der Waals surface area contributed by atoms with Gasteiger partial charge in [-0.25, -0.2) is 0 Å². The Balaban J connectivity index is 2.39. The highest BCUT2D eigenvalue weighted by atomic mass is 15.1. The van der Waals surface area contributed by atoms with Gasteiger partial charge in [0.2, 0.25) is 0 Å². The molecule has 2 unspecified atom stereocenters. The van der Waals surface area contributed by atoms with E-state index in [0.717, 1.165) is 0 Å². The second-order valence-electron chi connectivity index (χ2n) is 4.89. The molecule has 0 radical (unpaired) electrons. The summed E-state index contributed by atoms with van der Waals surface area (Å²) in [5, 5.41) is 7.14. The monoisotopic (exact) mass is 170 g/mol. The predicted molar refractivity (Wildman–Crippen MR) is 53.4 cm³/mol. The normalized spacial score (nSPS) is 32.0. The Labute approximate surface area is 76.1 Å². The highest BCUT2D eigenvalue weighted by molar-refractivity contribution is 4.87. The molecule has 0 bridgehead atoms. The van der Waals surface area contributed by atoms with E-state index in [-0.39, 0.29) is 5.54 Å². The Kier molecular flexibility index (Phi) is 3.13. The van der Waals surface area contributed by atoms with Crippen LogP contribution in [-0.2, 0) is 0 Å². The van der Waals surface area contributed by atoms with Crippen LogP contribution in [0, 0.1) is 0 Å². The zero-order chi connectivity index (χ0) is 9.19. The van der Waals surface area contributed by atoms with Crippen molar-refractivity contribution < 1.29 is 0 Å². The van der Waals surface area contributed by atoms with Gasteiger partial charge in [0, 0.05) is 17.6 Å². The fraction of sp³-hybridized carbons (Fsp3) is 1.00. The van der Waals surface area contributed by atoms with Crippen molar-refractivity contribution in [3.8, 4) is 0 Å². The van der Waals surface area contributed by atoms with E-state index in [1.807, 2.05) is 0 Å². The average Bonchev–Trinajstić information content (AvgIpc) is 1.91. The van der Waals surface area contributed by atoms with E-state index in [9.17, 15) is 0 Å². The molecule has 1 fully saturated rings. The number of piperidine rings is 1. The van der Waals surface area contributed by atoms with Gasteiger partial charge in [-0.3, -0.25) is 0 Å². The molecule has 1 heterocycles. The Bertz CT molecular complexity index is 137. The lowest BCUT2D eigenvalue weighted by atomic mass is 9.96. The Morgan fingerprint density at radius 3 is 2.50 bits per heavy atom. The maximum atomic E-state index is 3.65. The van der Waals surface area contributed by atoms with Gasteiger partial charge in [-0.1, -0.05) is 0 Å². The summed E-state index contributed by atoms with van der Waals surface area (Å²) >= 11 is 0. The van der Waals surface area contributed by atoms with Crippen molar-refractivity contribution in [1.82, 2.24) is 10.6 Å². The molecular weight excluding hydrogens is 148 g/mol. The first-order chi connectivity index (χ1) is 5.49. The lowest BCUT2D eigenvalue weighted by Crippen LogP contribution is -2.55. The van der Waals surface area contributed by atoms with Crippen LogP contribution in [0.25, 0.3) is 0 Å². The predicted octanol–water partition coefficient (Wildman–Crippen LogP) is 1.51. The fourth-order valence-electron chi connectivity index (χ4n) is 1.80. The third-order valence-corrected chi connectivity index (χ3v) is 2.38. The van der Waals surface area contributed by atoms with Crippen LogP contribution in [0.15, 0.2) is 0 Å². The lowest BCUT2D eigenvalue weighted by molar-refractivity contribution is 0.260. The first kappa shape index (κ1) is 10.0. The smallest absolute Gasteiger partial charge is 0.0223 e. The molecule has 2 N–H and O–H groups in total. The summed E-state index contributed by atoms with van der Waals surface area (Å²) in [4.78, 5) is 0. The largest absolute Gasteiger partial charge is 0.313 e. The van der Waals surface area contributed by atoms with Crippen molar-refractivity contribution in [1.29, 1.82) is 0 Å². The first-order valence-corrected chi connectivity index (χ1v) is 5.00. The maximum Gasteiger partial charge on any atom is 0.0223 e. The van der Waals surface area contributed by atoms with Crippen LogP contribution in [0.4, 0.5) is 0 Å². The van der Waals surface area contributed by atoms with E-state index in [1.165, 1.54) is 19.4 Å². The molecule has 1 saturated heterocycles. The third-order valence-electron chi connectivity index (χ3n) is 2.38. The molecule has 2 nitrogen and oxygen atoms in total. The van der Waals surface area contributed by atoms with Crippen LogP contribution in [0.3, 0.4) is 0 Å². The van der Waals surface area contributed by atoms with Gasteiger partial charge in [0.25, 0.3) is 0 Å². The molecule has 12 heavy (non-hydrogen) atoms. The fourth-order valence-corrected chi connectivity index (χ4v) is 1.80. The van der Waals surface area contributed by atoms with E-state index in [0.29, 0.717) is 12.1 Å². The molecule has 0 aromatic carbocycles. The van der Waals surface area contributed by atoms with Crippen molar-refractivity contribution in [2.75, 3.05) is 6.54 Å². The van der Waals surface area contributed by atoms with Gasteiger partial charge in [0.1, 0.15) is 0 Å². The topological polar surface area (TPSA) is 24.1 Å². The number of hydrogen-bond acceptors (Lipinski definition) is 2. The van der Waals surface area contributed by atoms with E-state index >= 15 is 0 Å². The second-order valence-corrected chi connectivity index (χ2v) is 4.89. The van der Waals surface area contributed by atoms with Crippen LogP contribution in [0.2, 0.25) is 0 Å². The first-order valence-electron chi connectivity index (χ1n) is 5.00. The summed E-state index contributed by atoms with van der Waals surface area (Å²) in [5.41, 5.74) is 0.248. The van der Waals surface area contributed by atoms with Gasteiger partial charge in [0.15, 0.2) is 0 Å². The summed E-state index contributed by atoms with van der Waals surface area (Å²) < 4.78 is 0. The van der Waals surface area contributed by atoms with Gasteiger partial charge >= 0.3 is 0 Å². The average molecular weight is 170 g/mol. The summed E-state index contributed by atoms with van der Waals surface area (Å²) in [6, 6.07) is 1.27. The Morgan fingerprint density at radius 1 is 1.33 bits per heavy atom. The molecular formula is C10H22N2. The van der Waals surface area contributed by atoms with E-state index < -0.39 is 0 Å². The molecule has 0 amide bonds. The molecule has 0 saturated carbocycles. The molecule has 0 aromatic rings. The minimum absolute atomic E-state index is 0.248. The summed E-state index contributed by atoms with van der Waals surface area (Å²) in [5.74, 6) is 0. The summed E-state index contributed by atoms with van der Waals surface area (Å²) in [6.45, 7) is 10.1. The SMILES string of the molecule is CC1NCCCC1NC(C)(C)C. The molecule has 72 valence electrons. The second kappa shape index (κ2) is 3.75. The number of hydrogen-bond donors (Lipinski definition) is 2. The molecule has 2 heteroatoms. The molecule has 2 atom stereocenters. The lowest BCUT2D eigenvalue weighted by Gasteiger charge is -2.36. The van der Waals surface area contributed by atoms with Crippen LogP contribution in [-0.4, -0.2) is 24.2 Å². The zero-order valence-electron chi connectivity index (χ0n) is 8.78. The maximum absolute atomic E-state index is 3.65. The quantitative estimate of drug-likeness (QED) is 0.623. The molecule has 0 aliphatic carbocycles. The van der Waals surface area contributed by atoms with Crippen LogP contribution in [0.1, 0.15) is 40.5 Å². The minimum Gasteiger partial charge on any atom is -0.313 e. The van der Waals surface area contributed by atoms with Gasteiger partial charge in [-0.2, -0.15) is 0 Å². The summed E-state index contributed by atoms with van der Waals surface area (Å²) in [7, 11) is 0. The number of nitrogens with one attached hydrogen (secondary N) is 2. The van der Waals surface area contributed by atoms with Crippen molar-refractivity contribution in [3.63, 3.8) is 0 Å². The molecule has 1 rings (SSSR count). The van der Waals surface area contributed by atoms with Gasteiger partial charge in [-0.15, -0.1) is 0 Å². The van der Waals surface area contributed by atoms with Gasteiger partial charge in [0.05, 0.1) is 0 Å². The van der Waals surface area contributed by atoms with Crippen molar-refractivity contribution in [2.24, 2.45) is 0 Å². The molecule has 0 aromatic heterocycles. The molecule has 1 aliphatic rings. The van der Waals surface area contributed by atoms with Crippen molar-refractivity contribution >= 4 is 0 Å². The van der Waals surface area contributed by atoms with Crippen LogP contribution in [0.5, 0.6) is 0 Å². The standard InChI is InChI=1S/C10H22N2/c1-8-9(6-5-7-11-8)12-10(2,3)4/h8-9,11-12H,5-7H2,1-4H3. The minimum atomic E-state index is 0.248. The van der Waals surface area contributed by atoms with Crippen LogP contribution >= 0.6 is 0 Å². The van der Waals surface area contributed by atoms with Crippen molar-refractivity contribution in [3.05, 3.63) is 0 Å². The molecule has 0 spiro atoms. The van der Waals surface area contributed by atoms with Gasteiger partial charge < -0.3 is 10.6 Å². The number of rotatable bonds is 1. The van der Waals surface area contributed by atoms with E-state index in [2.05, 4.69) is 38.3 Å². The van der Waals surface area contributed by atoms with Crippen molar-refractivity contribution in [2.45, 2.75) is 58.2 Å². The van der Waals surface area contributed by atoms with Crippen LogP contribution < -0.4 is 10.6 Å². The van der Waals surface area contributed by atoms with E-state index in [1.54, 1.807) is 0 Å². The highest BCUT2D eigenvalue weighted by Crippen LogP contribution is 2.12. The van der Waals surface area contributed by atoms with E-state index in [4.69, 9.17) is 0 Å². The Morgan fingerprint density at radius 2 is 2.00 bits per heavy atom. The highest BCUT2D eigenvalue weighted by Gasteiger charge is 2.24. The van der Waals surface area contributed by atoms with Gasteiger partial charge in [-0.05, 0) is 47.1 Å².